The smallest absolute Gasteiger partial charge is 0.231 e. The van der Waals surface area contributed by atoms with E-state index in [1.165, 1.54) is 6.08 Å². The molecule has 6 heteroatoms. The fourth-order valence-electron chi connectivity index (χ4n) is 1.36. The summed E-state index contributed by atoms with van der Waals surface area (Å²) in [5, 5.41) is 9.30. The van der Waals surface area contributed by atoms with Crippen molar-refractivity contribution >= 4 is 34.9 Å². The molecule has 2 N–H and O–H groups in total. The second kappa shape index (κ2) is 4.62. The van der Waals surface area contributed by atoms with Crippen molar-refractivity contribution in [3.8, 4) is 17.6 Å². The summed E-state index contributed by atoms with van der Waals surface area (Å²) in [5.74, 6) is 1.17. The molecule has 1 aliphatic rings. The van der Waals surface area contributed by atoms with E-state index in [2.05, 4.69) is 0 Å². The molecule has 0 aliphatic carbocycles. The van der Waals surface area contributed by atoms with Crippen LogP contribution in [0.2, 0.25) is 5.02 Å². The average Bonchev–Trinajstić information content (AvgIpc) is 2.72. The van der Waals surface area contributed by atoms with Crippen LogP contribution in [0.1, 0.15) is 5.56 Å². The van der Waals surface area contributed by atoms with E-state index < -0.39 is 0 Å². The standard InChI is InChI=1S/C11H7ClN2O2S/c12-8-3-10-9(15-5-16-10)2-6(8)1-7(4-13)11(14)17/h1-3H,5H2,(H2,14,17)/b7-1+. The zero-order chi connectivity index (χ0) is 12.4. The first-order chi connectivity index (χ1) is 8.11. The fourth-order valence-corrected chi connectivity index (χ4v) is 1.67. The molecule has 0 spiro atoms. The zero-order valence-electron chi connectivity index (χ0n) is 8.57. The van der Waals surface area contributed by atoms with Crippen LogP contribution in [-0.4, -0.2) is 11.8 Å². The predicted octanol–water partition coefficient (Wildman–Crippen LogP) is 2.26. The van der Waals surface area contributed by atoms with Crippen LogP contribution < -0.4 is 15.2 Å². The number of nitriles is 1. The molecule has 86 valence electrons. The second-order valence-electron chi connectivity index (χ2n) is 3.26. The highest BCUT2D eigenvalue weighted by molar-refractivity contribution is 7.80. The maximum atomic E-state index is 8.86. The van der Waals surface area contributed by atoms with Gasteiger partial charge in [0.15, 0.2) is 11.5 Å². The Bertz CT molecular complexity index is 563. The third-order valence-electron chi connectivity index (χ3n) is 2.18. The number of ether oxygens (including phenoxy) is 2. The maximum Gasteiger partial charge on any atom is 0.231 e. The third kappa shape index (κ3) is 2.33. The van der Waals surface area contributed by atoms with Gasteiger partial charge in [-0.1, -0.05) is 23.8 Å². The molecule has 1 aromatic carbocycles. The molecular formula is C11H7ClN2O2S. The first-order valence-corrected chi connectivity index (χ1v) is 5.41. The molecule has 0 fully saturated rings. The van der Waals surface area contributed by atoms with Gasteiger partial charge in [-0.2, -0.15) is 5.26 Å². The normalized spacial score (nSPS) is 13.3. The number of hydrogen-bond acceptors (Lipinski definition) is 4. The van der Waals surface area contributed by atoms with E-state index in [9.17, 15) is 0 Å². The molecule has 2 rings (SSSR count). The topological polar surface area (TPSA) is 68.3 Å². The molecule has 17 heavy (non-hydrogen) atoms. The second-order valence-corrected chi connectivity index (χ2v) is 4.11. The van der Waals surface area contributed by atoms with E-state index in [-0.39, 0.29) is 17.4 Å². The molecule has 0 radical (unpaired) electrons. The predicted molar refractivity (Wildman–Crippen MR) is 68.0 cm³/mol. The SMILES string of the molecule is N#C/C(=C\c1cc2c(cc1Cl)OCO2)C(N)=S. The Morgan fingerprint density at radius 3 is 2.71 bits per heavy atom. The minimum atomic E-state index is 0.0289. The molecular weight excluding hydrogens is 260 g/mol. The van der Waals surface area contributed by atoms with Gasteiger partial charge in [0.1, 0.15) is 11.1 Å². The summed E-state index contributed by atoms with van der Waals surface area (Å²) in [4.78, 5) is 0.0289. The van der Waals surface area contributed by atoms with Gasteiger partial charge < -0.3 is 15.2 Å². The van der Waals surface area contributed by atoms with Crippen LogP contribution in [0.4, 0.5) is 0 Å². The van der Waals surface area contributed by atoms with Crippen LogP contribution in [0.5, 0.6) is 11.5 Å². The highest BCUT2D eigenvalue weighted by atomic mass is 35.5. The first-order valence-electron chi connectivity index (χ1n) is 4.62. The molecule has 0 aromatic heterocycles. The van der Waals surface area contributed by atoms with Crippen molar-refractivity contribution in [2.45, 2.75) is 0 Å². The summed E-state index contributed by atoms with van der Waals surface area (Å²) in [7, 11) is 0. The molecule has 0 unspecified atom stereocenters. The summed E-state index contributed by atoms with van der Waals surface area (Å²) < 4.78 is 10.4. The van der Waals surface area contributed by atoms with Crippen molar-refractivity contribution < 1.29 is 9.47 Å². The Morgan fingerprint density at radius 1 is 1.47 bits per heavy atom. The molecule has 0 bridgehead atoms. The van der Waals surface area contributed by atoms with Gasteiger partial charge in [-0.15, -0.1) is 0 Å². The van der Waals surface area contributed by atoms with Crippen LogP contribution in [-0.2, 0) is 0 Å². The van der Waals surface area contributed by atoms with E-state index >= 15 is 0 Å². The van der Waals surface area contributed by atoms with E-state index in [1.807, 2.05) is 6.07 Å². The Labute approximate surface area is 108 Å². The molecule has 0 saturated heterocycles. The van der Waals surface area contributed by atoms with Crippen LogP contribution in [0.15, 0.2) is 17.7 Å². The highest BCUT2D eigenvalue weighted by Gasteiger charge is 2.16. The average molecular weight is 267 g/mol. The van der Waals surface area contributed by atoms with E-state index in [4.69, 9.17) is 44.3 Å². The number of rotatable bonds is 2. The Morgan fingerprint density at radius 2 is 2.12 bits per heavy atom. The summed E-state index contributed by atoms with van der Waals surface area (Å²) in [5.41, 5.74) is 6.21. The first kappa shape index (κ1) is 11.7. The quantitative estimate of drug-likeness (QED) is 0.505. The molecule has 0 amide bonds. The molecule has 0 saturated carbocycles. The van der Waals surface area contributed by atoms with Crippen molar-refractivity contribution in [3.05, 3.63) is 28.3 Å². The van der Waals surface area contributed by atoms with Gasteiger partial charge >= 0.3 is 0 Å². The van der Waals surface area contributed by atoms with Crippen LogP contribution in [0, 0.1) is 11.3 Å². The third-order valence-corrected chi connectivity index (χ3v) is 2.72. The van der Waals surface area contributed by atoms with E-state index in [0.717, 1.165) is 0 Å². The molecule has 0 atom stereocenters. The van der Waals surface area contributed by atoms with Gasteiger partial charge in [0.2, 0.25) is 6.79 Å². The number of hydrogen-bond donors (Lipinski definition) is 1. The molecule has 1 aliphatic heterocycles. The minimum Gasteiger partial charge on any atom is -0.454 e. The summed E-state index contributed by atoms with van der Waals surface area (Å²) >= 11 is 10.8. The van der Waals surface area contributed by atoms with Crippen molar-refractivity contribution in [1.82, 2.24) is 0 Å². The number of benzene rings is 1. The van der Waals surface area contributed by atoms with Crippen molar-refractivity contribution in [2.75, 3.05) is 6.79 Å². The largest absolute Gasteiger partial charge is 0.454 e. The van der Waals surface area contributed by atoms with Crippen LogP contribution in [0.3, 0.4) is 0 Å². The minimum absolute atomic E-state index is 0.0289. The van der Waals surface area contributed by atoms with Gasteiger partial charge in [-0.05, 0) is 17.7 Å². The van der Waals surface area contributed by atoms with Crippen molar-refractivity contribution in [3.63, 3.8) is 0 Å². The number of nitrogens with two attached hydrogens (primary N) is 1. The molecule has 4 nitrogen and oxygen atoms in total. The van der Waals surface area contributed by atoms with Crippen molar-refractivity contribution in [2.24, 2.45) is 5.73 Å². The van der Waals surface area contributed by atoms with Gasteiger partial charge in [0.25, 0.3) is 0 Å². The lowest BCUT2D eigenvalue weighted by Gasteiger charge is -2.02. The lowest BCUT2D eigenvalue weighted by atomic mass is 10.1. The van der Waals surface area contributed by atoms with Gasteiger partial charge in [-0.25, -0.2) is 0 Å². The Kier molecular flexibility index (Phi) is 3.18. The van der Waals surface area contributed by atoms with Crippen LogP contribution in [0.25, 0.3) is 6.08 Å². The van der Waals surface area contributed by atoms with E-state index in [0.29, 0.717) is 22.1 Å². The molecule has 1 aromatic rings. The van der Waals surface area contributed by atoms with Gasteiger partial charge in [0, 0.05) is 6.07 Å². The van der Waals surface area contributed by atoms with Gasteiger partial charge in [-0.3, -0.25) is 0 Å². The Balaban J connectivity index is 2.47. The maximum absolute atomic E-state index is 8.86. The van der Waals surface area contributed by atoms with Gasteiger partial charge in [0.05, 0.1) is 10.6 Å². The van der Waals surface area contributed by atoms with E-state index in [1.54, 1.807) is 12.1 Å². The van der Waals surface area contributed by atoms with Crippen LogP contribution >= 0.6 is 23.8 Å². The monoisotopic (exact) mass is 266 g/mol. The fraction of sp³-hybridized carbons (Fsp3) is 0.0909. The number of halogens is 1. The summed E-state index contributed by atoms with van der Waals surface area (Å²) in [6.45, 7) is 0.166. The number of fused-ring (bicyclic) bond motifs is 1. The summed E-state index contributed by atoms with van der Waals surface area (Å²) in [6, 6.07) is 5.22. The lowest BCUT2D eigenvalue weighted by molar-refractivity contribution is 0.174. The zero-order valence-corrected chi connectivity index (χ0v) is 10.1. The Hall–Kier alpha value is -1.77. The summed E-state index contributed by atoms with van der Waals surface area (Å²) in [6.07, 6.45) is 1.52. The molecule has 1 heterocycles. The highest BCUT2D eigenvalue weighted by Crippen LogP contribution is 2.37. The number of thiocarbonyl (C=S) groups is 1. The number of nitrogens with zero attached hydrogens (tertiary/aromatic N) is 1. The lowest BCUT2D eigenvalue weighted by Crippen LogP contribution is -2.09. The van der Waals surface area contributed by atoms with Crippen molar-refractivity contribution in [1.29, 1.82) is 5.26 Å².